The van der Waals surface area contributed by atoms with E-state index in [0.717, 1.165) is 88.4 Å². The molecule has 0 bridgehead atoms. The van der Waals surface area contributed by atoms with Crippen LogP contribution in [-0.4, -0.2) is 0 Å². The molecule has 1 aliphatic rings. The van der Waals surface area contributed by atoms with Crippen LogP contribution in [0.15, 0.2) is 215 Å². The number of rotatable bonds is 6. The number of furan rings is 2. The first-order valence-electron chi connectivity index (χ1n) is 19.6. The maximum Gasteiger partial charge on any atom is 0.144 e. The molecule has 0 fully saturated rings. The minimum atomic E-state index is -0.740. The average Bonchev–Trinajstić information content (AvgIpc) is 3.85. The molecule has 0 N–H and O–H groups in total. The zero-order valence-electron chi connectivity index (χ0n) is 30.9. The van der Waals surface area contributed by atoms with E-state index < -0.39 is 5.41 Å². The Morgan fingerprint density at radius 2 is 0.579 bits per heavy atom. The van der Waals surface area contributed by atoms with E-state index in [-0.39, 0.29) is 0 Å². The number of benzene rings is 9. The molecular formula is C55H34O2. The third-order valence-corrected chi connectivity index (χ3v) is 12.1. The second-order valence-electron chi connectivity index (χ2n) is 15.0. The van der Waals surface area contributed by atoms with Gasteiger partial charge in [0.05, 0.1) is 5.41 Å². The normalized spacial score (nSPS) is 13.1. The van der Waals surface area contributed by atoms with Crippen LogP contribution in [0.4, 0.5) is 0 Å². The van der Waals surface area contributed by atoms with Gasteiger partial charge in [0.25, 0.3) is 0 Å². The highest BCUT2D eigenvalue weighted by Gasteiger charge is 2.45. The van der Waals surface area contributed by atoms with E-state index in [2.05, 4.69) is 206 Å². The predicted molar refractivity (Wildman–Crippen MR) is 235 cm³/mol. The Hall–Kier alpha value is -7.42. The molecule has 0 saturated carbocycles. The molecule has 0 unspecified atom stereocenters. The summed E-state index contributed by atoms with van der Waals surface area (Å²) in [4.78, 5) is 0. The van der Waals surface area contributed by atoms with Crippen molar-refractivity contribution in [3.8, 4) is 44.5 Å². The molecule has 266 valence electrons. The minimum absolute atomic E-state index is 0.740. The van der Waals surface area contributed by atoms with Gasteiger partial charge in [-0.3, -0.25) is 0 Å². The van der Waals surface area contributed by atoms with Gasteiger partial charge >= 0.3 is 0 Å². The van der Waals surface area contributed by atoms with Crippen LogP contribution in [0.2, 0.25) is 0 Å². The molecule has 0 aliphatic heterocycles. The topological polar surface area (TPSA) is 26.3 Å². The lowest BCUT2D eigenvalue weighted by Crippen LogP contribution is -2.31. The van der Waals surface area contributed by atoms with E-state index in [1.165, 1.54) is 22.3 Å². The van der Waals surface area contributed by atoms with Crippen LogP contribution >= 0.6 is 0 Å². The third kappa shape index (κ3) is 4.41. The Balaban J connectivity index is 1.42. The van der Waals surface area contributed by atoms with Gasteiger partial charge in [-0.05, 0) is 44.5 Å². The molecule has 11 aromatic rings. The second kappa shape index (κ2) is 12.3. The Labute approximate surface area is 329 Å². The van der Waals surface area contributed by atoms with Gasteiger partial charge in [-0.2, -0.15) is 0 Å². The van der Waals surface area contributed by atoms with Crippen LogP contribution in [0, 0.1) is 0 Å². The van der Waals surface area contributed by atoms with Gasteiger partial charge in [0, 0.05) is 43.8 Å². The van der Waals surface area contributed by atoms with Crippen molar-refractivity contribution in [3.63, 3.8) is 0 Å². The van der Waals surface area contributed by atoms with Crippen molar-refractivity contribution in [1.82, 2.24) is 0 Å². The summed E-state index contributed by atoms with van der Waals surface area (Å²) >= 11 is 0. The van der Waals surface area contributed by atoms with Gasteiger partial charge in [-0.1, -0.05) is 206 Å². The summed E-state index contributed by atoms with van der Waals surface area (Å²) in [7, 11) is 0. The summed E-state index contributed by atoms with van der Waals surface area (Å²) in [5, 5.41) is 4.40. The summed E-state index contributed by atoms with van der Waals surface area (Å²) in [5.74, 6) is 0. The largest absolute Gasteiger partial charge is 0.455 e. The van der Waals surface area contributed by atoms with Gasteiger partial charge in [-0.25, -0.2) is 0 Å². The summed E-state index contributed by atoms with van der Waals surface area (Å²) in [6, 6.07) is 74.0. The molecule has 0 saturated heterocycles. The molecule has 2 nitrogen and oxygen atoms in total. The minimum Gasteiger partial charge on any atom is -0.455 e. The first kappa shape index (κ1) is 31.9. The zero-order chi connectivity index (χ0) is 37.5. The van der Waals surface area contributed by atoms with E-state index in [0.29, 0.717) is 0 Å². The highest BCUT2D eigenvalue weighted by atomic mass is 16.3. The quantitative estimate of drug-likeness (QED) is 0.171. The van der Waals surface area contributed by atoms with Gasteiger partial charge in [-0.15, -0.1) is 0 Å². The van der Waals surface area contributed by atoms with E-state index in [4.69, 9.17) is 8.83 Å². The smallest absolute Gasteiger partial charge is 0.144 e. The standard InChI is InChI=1S/C55H34O2/c1-7-19-35(20-8-1)41-31-33-43-47-49-50-48-44(55(43,39-27-15-5-16-28-39)40-29-17-6-18-30-40)34-32-42(36-21-9-2-10-22-36)52(48)57-54(50)46(38-25-13-4-14-26-38)45(53(49)56-51(41)47)37-23-11-3-12-24-37/h1-34H. The van der Waals surface area contributed by atoms with Crippen molar-refractivity contribution in [2.45, 2.75) is 5.41 Å². The molecule has 0 atom stereocenters. The van der Waals surface area contributed by atoms with Gasteiger partial charge in [0.1, 0.15) is 22.3 Å². The lowest BCUT2D eigenvalue weighted by molar-refractivity contribution is 0.666. The Bertz CT molecular complexity index is 3060. The van der Waals surface area contributed by atoms with Crippen LogP contribution in [0.5, 0.6) is 0 Å². The van der Waals surface area contributed by atoms with Crippen molar-refractivity contribution in [2.24, 2.45) is 0 Å². The first-order chi connectivity index (χ1) is 28.3. The fraction of sp³-hybridized carbons (Fsp3) is 0.0182. The van der Waals surface area contributed by atoms with Crippen LogP contribution in [0.1, 0.15) is 22.3 Å². The lowest BCUT2D eigenvalue weighted by Gasteiger charge is -2.37. The monoisotopic (exact) mass is 726 g/mol. The van der Waals surface area contributed by atoms with Crippen molar-refractivity contribution in [3.05, 3.63) is 229 Å². The van der Waals surface area contributed by atoms with Gasteiger partial charge < -0.3 is 8.83 Å². The molecule has 0 radical (unpaired) electrons. The molecule has 0 spiro atoms. The van der Waals surface area contributed by atoms with Crippen molar-refractivity contribution >= 4 is 43.9 Å². The highest BCUT2D eigenvalue weighted by molar-refractivity contribution is 6.35. The molecular weight excluding hydrogens is 693 g/mol. The molecule has 2 heteroatoms. The van der Waals surface area contributed by atoms with E-state index in [1.54, 1.807) is 0 Å². The summed E-state index contributed by atoms with van der Waals surface area (Å²) in [5.41, 5.74) is 16.0. The van der Waals surface area contributed by atoms with Crippen molar-refractivity contribution in [2.75, 3.05) is 0 Å². The molecule has 2 aromatic heterocycles. The maximum atomic E-state index is 7.56. The predicted octanol–water partition coefficient (Wildman–Crippen LogP) is 14.8. The SMILES string of the molecule is c1ccc(-c2ccc3c4c2oc2c(-c5ccccc5)c(-c5ccccc5)c5oc6c(-c7ccccc7)ccc(c6c5c24)C3(c2ccccc2)c2ccccc2)cc1. The van der Waals surface area contributed by atoms with Crippen molar-refractivity contribution in [1.29, 1.82) is 0 Å². The molecule has 12 rings (SSSR count). The Morgan fingerprint density at radius 1 is 0.263 bits per heavy atom. The number of hydrogen-bond donors (Lipinski definition) is 0. The van der Waals surface area contributed by atoms with Gasteiger partial charge in [0.15, 0.2) is 0 Å². The van der Waals surface area contributed by atoms with E-state index >= 15 is 0 Å². The Kier molecular flexibility index (Phi) is 6.88. The van der Waals surface area contributed by atoms with Crippen LogP contribution in [0.3, 0.4) is 0 Å². The second-order valence-corrected chi connectivity index (χ2v) is 15.0. The lowest BCUT2D eigenvalue weighted by atomic mass is 9.64. The molecule has 0 amide bonds. The summed E-state index contributed by atoms with van der Waals surface area (Å²) < 4.78 is 15.1. The molecule has 57 heavy (non-hydrogen) atoms. The first-order valence-corrected chi connectivity index (χ1v) is 19.6. The third-order valence-electron chi connectivity index (χ3n) is 12.1. The van der Waals surface area contributed by atoms with Crippen LogP contribution in [-0.2, 0) is 5.41 Å². The molecule has 9 aromatic carbocycles. The van der Waals surface area contributed by atoms with Gasteiger partial charge in [0.2, 0.25) is 0 Å². The molecule has 2 heterocycles. The Morgan fingerprint density at radius 3 is 0.930 bits per heavy atom. The molecule has 1 aliphatic carbocycles. The fourth-order valence-corrected chi connectivity index (χ4v) is 9.85. The summed E-state index contributed by atoms with van der Waals surface area (Å²) in [6.45, 7) is 0. The van der Waals surface area contributed by atoms with Crippen LogP contribution < -0.4 is 0 Å². The fourth-order valence-electron chi connectivity index (χ4n) is 9.85. The van der Waals surface area contributed by atoms with E-state index in [1.807, 2.05) is 0 Å². The van der Waals surface area contributed by atoms with Crippen LogP contribution in [0.25, 0.3) is 88.4 Å². The summed E-state index contributed by atoms with van der Waals surface area (Å²) in [6.07, 6.45) is 0. The van der Waals surface area contributed by atoms with E-state index in [9.17, 15) is 0 Å². The van der Waals surface area contributed by atoms with Crippen molar-refractivity contribution < 1.29 is 8.83 Å². The maximum absolute atomic E-state index is 7.56. The average molecular weight is 727 g/mol. The zero-order valence-corrected chi connectivity index (χ0v) is 30.9. The number of hydrogen-bond acceptors (Lipinski definition) is 2. The highest BCUT2D eigenvalue weighted by Crippen LogP contribution is 2.60.